The summed E-state index contributed by atoms with van der Waals surface area (Å²) in [5.41, 5.74) is 4.10. The van der Waals surface area contributed by atoms with Crippen molar-refractivity contribution in [3.8, 4) is 0 Å². The van der Waals surface area contributed by atoms with Gasteiger partial charge in [0.1, 0.15) is 5.58 Å². The van der Waals surface area contributed by atoms with Gasteiger partial charge in [-0.25, -0.2) is 8.42 Å². The second-order valence-corrected chi connectivity index (χ2v) is 11.3. The Bertz CT molecular complexity index is 1010. The van der Waals surface area contributed by atoms with Gasteiger partial charge in [0.05, 0.1) is 24.2 Å². The highest BCUT2D eigenvalue weighted by Gasteiger charge is 2.34. The minimum atomic E-state index is -3.05. The zero-order valence-electron chi connectivity index (χ0n) is 18.8. The van der Waals surface area contributed by atoms with Crippen LogP contribution in [0.1, 0.15) is 49.3 Å². The summed E-state index contributed by atoms with van der Waals surface area (Å²) in [4.78, 5) is 17.2. The lowest BCUT2D eigenvalue weighted by atomic mass is 9.95. The number of sulfone groups is 1. The fraction of sp³-hybridized carbons (Fsp3) is 0.609. The Morgan fingerprint density at radius 2 is 1.97 bits per heavy atom. The van der Waals surface area contributed by atoms with E-state index in [1.807, 2.05) is 20.2 Å². The van der Waals surface area contributed by atoms with Crippen LogP contribution >= 0.6 is 0 Å². The van der Waals surface area contributed by atoms with Crippen LogP contribution < -0.4 is 0 Å². The third-order valence-electron chi connectivity index (χ3n) is 5.98. The van der Waals surface area contributed by atoms with Gasteiger partial charge in [-0.15, -0.1) is 0 Å². The molecule has 30 heavy (non-hydrogen) atoms. The maximum Gasteiger partial charge on any atom is 0.227 e. The average molecular weight is 435 g/mol. The largest absolute Gasteiger partial charge is 0.464 e. The van der Waals surface area contributed by atoms with Gasteiger partial charge in [0.15, 0.2) is 9.84 Å². The number of benzene rings is 1. The molecule has 0 bridgehead atoms. The Hall–Kier alpha value is -1.86. The molecule has 1 atom stereocenters. The van der Waals surface area contributed by atoms with E-state index in [9.17, 15) is 13.2 Å². The van der Waals surface area contributed by atoms with Gasteiger partial charge in [-0.05, 0) is 69.6 Å². The SMILES string of the molecule is Cc1cc2occ(CC(=O)N(CCCN(C)C)C3CCS(=O)(=O)C3)c2cc1C(C)C. The first-order chi connectivity index (χ1) is 14.1. The van der Waals surface area contributed by atoms with E-state index in [0.717, 1.165) is 29.5 Å². The van der Waals surface area contributed by atoms with E-state index in [2.05, 4.69) is 31.7 Å². The van der Waals surface area contributed by atoms with E-state index in [1.165, 1.54) is 11.1 Å². The predicted molar refractivity (Wildman–Crippen MR) is 121 cm³/mol. The van der Waals surface area contributed by atoms with Gasteiger partial charge in [-0.2, -0.15) is 0 Å². The van der Waals surface area contributed by atoms with Crippen molar-refractivity contribution in [2.45, 2.75) is 52.0 Å². The molecule has 1 amide bonds. The highest BCUT2D eigenvalue weighted by molar-refractivity contribution is 7.91. The Morgan fingerprint density at radius 1 is 1.23 bits per heavy atom. The molecule has 1 aromatic carbocycles. The lowest BCUT2D eigenvalue weighted by molar-refractivity contribution is -0.132. The first-order valence-electron chi connectivity index (χ1n) is 10.7. The Labute approximate surface area is 180 Å². The maximum absolute atomic E-state index is 13.3. The van der Waals surface area contributed by atoms with Crippen molar-refractivity contribution in [3.05, 3.63) is 35.1 Å². The normalized spacial score (nSPS) is 18.6. The van der Waals surface area contributed by atoms with Crippen LogP contribution in [-0.4, -0.2) is 68.9 Å². The number of furan rings is 1. The lowest BCUT2D eigenvalue weighted by Crippen LogP contribution is -2.43. The first-order valence-corrected chi connectivity index (χ1v) is 12.5. The predicted octanol–water partition coefficient (Wildman–Crippen LogP) is 3.37. The van der Waals surface area contributed by atoms with Gasteiger partial charge < -0.3 is 14.2 Å². The van der Waals surface area contributed by atoms with Crippen molar-refractivity contribution >= 4 is 26.7 Å². The number of aryl methyl sites for hydroxylation is 1. The van der Waals surface area contributed by atoms with Crippen molar-refractivity contribution in [2.75, 3.05) is 38.7 Å². The zero-order valence-corrected chi connectivity index (χ0v) is 19.6. The molecule has 2 heterocycles. The van der Waals surface area contributed by atoms with Crippen molar-refractivity contribution in [1.29, 1.82) is 0 Å². The fourth-order valence-corrected chi connectivity index (χ4v) is 6.09. The molecule has 1 aromatic heterocycles. The molecule has 0 aliphatic carbocycles. The summed E-state index contributed by atoms with van der Waals surface area (Å²) >= 11 is 0. The Kier molecular flexibility index (Phi) is 6.92. The summed E-state index contributed by atoms with van der Waals surface area (Å²) < 4.78 is 29.8. The van der Waals surface area contributed by atoms with Crippen LogP contribution in [0.3, 0.4) is 0 Å². The van der Waals surface area contributed by atoms with Gasteiger partial charge in [0.25, 0.3) is 0 Å². The molecule has 1 aliphatic rings. The fourth-order valence-electron chi connectivity index (χ4n) is 4.36. The number of hydrogen-bond donors (Lipinski definition) is 0. The van der Waals surface area contributed by atoms with Crippen LogP contribution in [0, 0.1) is 6.92 Å². The molecule has 3 rings (SSSR count). The molecule has 1 aliphatic heterocycles. The Balaban J connectivity index is 1.83. The summed E-state index contributed by atoms with van der Waals surface area (Å²) in [5, 5.41) is 0.977. The smallest absolute Gasteiger partial charge is 0.227 e. The van der Waals surface area contributed by atoms with Crippen LogP contribution in [0.5, 0.6) is 0 Å². The van der Waals surface area contributed by atoms with Crippen LogP contribution in [-0.2, 0) is 21.1 Å². The van der Waals surface area contributed by atoms with Crippen molar-refractivity contribution in [3.63, 3.8) is 0 Å². The number of carbonyl (C=O) groups is 1. The molecule has 166 valence electrons. The molecule has 1 fully saturated rings. The minimum Gasteiger partial charge on any atom is -0.464 e. The van der Waals surface area contributed by atoms with Crippen molar-refractivity contribution in [1.82, 2.24) is 9.80 Å². The quantitative estimate of drug-likeness (QED) is 0.637. The number of carbonyl (C=O) groups excluding carboxylic acids is 1. The molecule has 0 N–H and O–H groups in total. The second kappa shape index (κ2) is 9.10. The maximum atomic E-state index is 13.3. The molecule has 6 nitrogen and oxygen atoms in total. The summed E-state index contributed by atoms with van der Waals surface area (Å²) in [6.07, 6.45) is 3.25. The van der Waals surface area contributed by atoms with E-state index in [0.29, 0.717) is 18.9 Å². The van der Waals surface area contributed by atoms with Crippen LogP contribution in [0.15, 0.2) is 22.8 Å². The van der Waals surface area contributed by atoms with Crippen LogP contribution in [0.4, 0.5) is 0 Å². The number of fused-ring (bicyclic) bond motifs is 1. The Morgan fingerprint density at radius 3 is 2.57 bits per heavy atom. The van der Waals surface area contributed by atoms with Crippen molar-refractivity contribution in [2.24, 2.45) is 0 Å². The van der Waals surface area contributed by atoms with Crippen LogP contribution in [0.2, 0.25) is 0 Å². The summed E-state index contributed by atoms with van der Waals surface area (Å²) in [6, 6.07) is 3.95. The van der Waals surface area contributed by atoms with E-state index in [1.54, 1.807) is 11.2 Å². The summed E-state index contributed by atoms with van der Waals surface area (Å²) in [5.74, 6) is 0.606. The van der Waals surface area contributed by atoms with Gasteiger partial charge in [0.2, 0.25) is 5.91 Å². The molecule has 0 radical (unpaired) electrons. The van der Waals surface area contributed by atoms with E-state index < -0.39 is 9.84 Å². The molecular formula is C23H34N2O4S. The van der Waals surface area contributed by atoms with Gasteiger partial charge in [0, 0.05) is 23.5 Å². The summed E-state index contributed by atoms with van der Waals surface area (Å²) in [7, 11) is 0.941. The number of hydrogen-bond acceptors (Lipinski definition) is 5. The zero-order chi connectivity index (χ0) is 22.1. The minimum absolute atomic E-state index is 0.0229. The van der Waals surface area contributed by atoms with Gasteiger partial charge in [-0.1, -0.05) is 13.8 Å². The number of amides is 1. The number of nitrogens with zero attached hydrogens (tertiary/aromatic N) is 2. The van der Waals surface area contributed by atoms with Gasteiger partial charge >= 0.3 is 0 Å². The second-order valence-electron chi connectivity index (χ2n) is 9.10. The molecule has 0 saturated carbocycles. The standard InChI is InChI=1S/C23H34N2O4S/c1-16(2)20-13-21-18(14-29-22(21)11-17(20)3)12-23(26)25(9-6-8-24(4)5)19-7-10-30(27,28)15-19/h11,13-14,16,19H,6-10,12,15H2,1-5H3. The van der Waals surface area contributed by atoms with Crippen molar-refractivity contribution < 1.29 is 17.6 Å². The topological polar surface area (TPSA) is 70.8 Å². The molecule has 7 heteroatoms. The highest BCUT2D eigenvalue weighted by atomic mass is 32.2. The average Bonchev–Trinajstić information content (AvgIpc) is 3.20. The number of rotatable bonds is 8. The van der Waals surface area contributed by atoms with Gasteiger partial charge in [-0.3, -0.25) is 4.79 Å². The monoisotopic (exact) mass is 434 g/mol. The third kappa shape index (κ3) is 5.24. The third-order valence-corrected chi connectivity index (χ3v) is 7.73. The molecular weight excluding hydrogens is 400 g/mol. The highest BCUT2D eigenvalue weighted by Crippen LogP contribution is 2.30. The summed E-state index contributed by atoms with van der Waals surface area (Å²) in [6.45, 7) is 7.82. The lowest BCUT2D eigenvalue weighted by Gasteiger charge is -2.29. The van der Waals surface area contributed by atoms with E-state index in [4.69, 9.17) is 4.42 Å². The first kappa shape index (κ1) is 22.8. The molecule has 1 unspecified atom stereocenters. The molecule has 1 saturated heterocycles. The van der Waals surface area contributed by atoms with E-state index >= 15 is 0 Å². The molecule has 0 spiro atoms. The molecule has 2 aromatic rings. The van der Waals surface area contributed by atoms with E-state index in [-0.39, 0.29) is 29.9 Å². The van der Waals surface area contributed by atoms with Crippen LogP contribution in [0.25, 0.3) is 11.0 Å².